The van der Waals surface area contributed by atoms with Crippen LogP contribution in [-0.4, -0.2) is 65.6 Å². The molecule has 6 heteroatoms. The van der Waals surface area contributed by atoms with Gasteiger partial charge in [0, 0.05) is 44.6 Å². The summed E-state index contributed by atoms with van der Waals surface area (Å²) >= 11 is 0. The fourth-order valence-electron chi connectivity index (χ4n) is 4.25. The van der Waals surface area contributed by atoms with Crippen LogP contribution in [0, 0.1) is 0 Å². The van der Waals surface area contributed by atoms with E-state index in [0.29, 0.717) is 26.1 Å². The second-order valence-electron chi connectivity index (χ2n) is 7.92. The number of likely N-dealkylation sites (tertiary alicyclic amines) is 1. The normalized spacial score (nSPS) is 19.0. The number of pyridine rings is 1. The molecule has 1 aromatic heterocycles. The van der Waals surface area contributed by atoms with Crippen molar-refractivity contribution in [3.63, 3.8) is 0 Å². The molecule has 0 bridgehead atoms. The van der Waals surface area contributed by atoms with Gasteiger partial charge >= 0.3 is 0 Å². The standard InChI is InChI=1S/C23H29N3O2.ClH/c27-22(18-21-8-4-5-12-24-21)26-16-17-28-23(19-26)10-14-25(15-11-23)13-9-20-6-2-1-3-7-20;/h1-8,12H,9-11,13-19H2;1H. The molecule has 1 spiro atoms. The van der Waals surface area contributed by atoms with E-state index in [0.717, 1.165) is 44.6 Å². The number of amides is 1. The van der Waals surface area contributed by atoms with E-state index in [-0.39, 0.29) is 23.9 Å². The Balaban J connectivity index is 0.00000240. The third-order valence-electron chi connectivity index (χ3n) is 5.99. The molecular formula is C23H30ClN3O2. The van der Waals surface area contributed by atoms with Gasteiger partial charge in [-0.3, -0.25) is 9.78 Å². The third-order valence-corrected chi connectivity index (χ3v) is 5.99. The van der Waals surface area contributed by atoms with Gasteiger partial charge in [-0.2, -0.15) is 0 Å². The maximum atomic E-state index is 12.7. The Morgan fingerprint density at radius 2 is 1.79 bits per heavy atom. The predicted molar refractivity (Wildman–Crippen MR) is 116 cm³/mol. The third kappa shape index (κ3) is 5.78. The van der Waals surface area contributed by atoms with Crippen molar-refractivity contribution in [1.29, 1.82) is 0 Å². The maximum absolute atomic E-state index is 12.7. The molecule has 3 heterocycles. The first-order valence-corrected chi connectivity index (χ1v) is 10.3. The van der Waals surface area contributed by atoms with E-state index in [9.17, 15) is 4.79 Å². The van der Waals surface area contributed by atoms with Crippen molar-refractivity contribution in [1.82, 2.24) is 14.8 Å². The monoisotopic (exact) mass is 415 g/mol. The molecule has 2 saturated heterocycles. The number of morpholine rings is 1. The summed E-state index contributed by atoms with van der Waals surface area (Å²) in [4.78, 5) is 21.5. The van der Waals surface area contributed by atoms with Gasteiger partial charge in [-0.1, -0.05) is 36.4 Å². The molecule has 4 rings (SSSR count). The molecule has 0 unspecified atom stereocenters. The summed E-state index contributed by atoms with van der Waals surface area (Å²) in [6, 6.07) is 16.4. The van der Waals surface area contributed by atoms with Crippen molar-refractivity contribution in [2.24, 2.45) is 0 Å². The lowest BCUT2D eigenvalue weighted by molar-refractivity contribution is -0.159. The Labute approximate surface area is 179 Å². The van der Waals surface area contributed by atoms with Gasteiger partial charge in [0.15, 0.2) is 0 Å². The van der Waals surface area contributed by atoms with Gasteiger partial charge in [0.1, 0.15) is 0 Å². The van der Waals surface area contributed by atoms with Crippen LogP contribution >= 0.6 is 12.4 Å². The topological polar surface area (TPSA) is 45.7 Å². The SMILES string of the molecule is Cl.O=C(Cc1ccccn1)N1CCOC2(CCN(CCc3ccccc3)CC2)C1. The predicted octanol–water partition coefficient (Wildman–Crippen LogP) is 2.98. The number of hydrogen-bond donors (Lipinski definition) is 0. The smallest absolute Gasteiger partial charge is 0.228 e. The quantitative estimate of drug-likeness (QED) is 0.753. The molecule has 0 saturated carbocycles. The minimum atomic E-state index is -0.165. The van der Waals surface area contributed by atoms with Crippen LogP contribution in [0.3, 0.4) is 0 Å². The number of piperidine rings is 1. The Hall–Kier alpha value is -1.95. The average Bonchev–Trinajstić information content (AvgIpc) is 2.75. The number of ether oxygens (including phenoxy) is 1. The average molecular weight is 416 g/mol. The van der Waals surface area contributed by atoms with Crippen molar-refractivity contribution in [2.45, 2.75) is 31.3 Å². The zero-order chi connectivity index (χ0) is 19.2. The molecule has 0 N–H and O–H groups in total. The van der Waals surface area contributed by atoms with E-state index in [4.69, 9.17) is 4.74 Å². The van der Waals surface area contributed by atoms with Crippen LogP contribution in [0.5, 0.6) is 0 Å². The van der Waals surface area contributed by atoms with E-state index in [1.165, 1.54) is 5.56 Å². The van der Waals surface area contributed by atoms with Crippen molar-refractivity contribution < 1.29 is 9.53 Å². The molecule has 0 radical (unpaired) electrons. The molecule has 156 valence electrons. The summed E-state index contributed by atoms with van der Waals surface area (Å²) in [5, 5.41) is 0. The molecule has 1 amide bonds. The number of aromatic nitrogens is 1. The molecule has 1 aromatic carbocycles. The number of carbonyl (C=O) groups excluding carboxylic acids is 1. The van der Waals surface area contributed by atoms with Crippen molar-refractivity contribution in [3.05, 3.63) is 66.0 Å². The van der Waals surface area contributed by atoms with Gasteiger partial charge in [0.05, 0.1) is 18.6 Å². The summed E-state index contributed by atoms with van der Waals surface area (Å²) < 4.78 is 6.21. The highest BCUT2D eigenvalue weighted by atomic mass is 35.5. The minimum Gasteiger partial charge on any atom is -0.371 e. The molecule has 5 nitrogen and oxygen atoms in total. The van der Waals surface area contributed by atoms with Gasteiger partial charge < -0.3 is 14.5 Å². The summed E-state index contributed by atoms with van der Waals surface area (Å²) in [6.45, 7) is 5.20. The van der Waals surface area contributed by atoms with Gasteiger partial charge in [-0.15, -0.1) is 12.4 Å². The first-order valence-electron chi connectivity index (χ1n) is 10.3. The lowest BCUT2D eigenvalue weighted by atomic mass is 9.89. The van der Waals surface area contributed by atoms with Gasteiger partial charge in [0.2, 0.25) is 5.91 Å². The van der Waals surface area contributed by atoms with E-state index >= 15 is 0 Å². The van der Waals surface area contributed by atoms with Crippen molar-refractivity contribution in [3.8, 4) is 0 Å². The summed E-state index contributed by atoms with van der Waals surface area (Å²) in [6.07, 6.45) is 5.20. The molecule has 2 aromatic rings. The number of halogens is 1. The van der Waals surface area contributed by atoms with E-state index < -0.39 is 0 Å². The van der Waals surface area contributed by atoms with Gasteiger partial charge in [0.25, 0.3) is 0 Å². The highest BCUT2D eigenvalue weighted by Gasteiger charge is 2.40. The Morgan fingerprint density at radius 1 is 1.03 bits per heavy atom. The minimum absolute atomic E-state index is 0. The second kappa shape index (κ2) is 10.2. The summed E-state index contributed by atoms with van der Waals surface area (Å²) in [7, 11) is 0. The highest BCUT2D eigenvalue weighted by molar-refractivity contribution is 5.85. The number of carbonyl (C=O) groups is 1. The number of hydrogen-bond acceptors (Lipinski definition) is 4. The maximum Gasteiger partial charge on any atom is 0.228 e. The lowest BCUT2D eigenvalue weighted by Crippen LogP contribution is -2.58. The zero-order valence-electron chi connectivity index (χ0n) is 16.8. The fraction of sp³-hybridized carbons (Fsp3) is 0.478. The van der Waals surface area contributed by atoms with Crippen LogP contribution in [0.1, 0.15) is 24.1 Å². The highest BCUT2D eigenvalue weighted by Crippen LogP contribution is 2.30. The molecule has 0 aliphatic carbocycles. The molecule has 2 aliphatic heterocycles. The summed E-state index contributed by atoms with van der Waals surface area (Å²) in [5.41, 5.74) is 2.06. The van der Waals surface area contributed by atoms with Crippen LogP contribution in [0.25, 0.3) is 0 Å². The lowest BCUT2D eigenvalue weighted by Gasteiger charge is -2.47. The number of nitrogens with zero attached hydrogens (tertiary/aromatic N) is 3. The molecule has 2 aliphatic rings. The molecule has 0 atom stereocenters. The second-order valence-corrected chi connectivity index (χ2v) is 7.92. The Bertz CT molecular complexity index is 764. The number of rotatable bonds is 5. The largest absolute Gasteiger partial charge is 0.371 e. The first-order chi connectivity index (χ1) is 13.7. The van der Waals surface area contributed by atoms with Crippen LogP contribution in [0.15, 0.2) is 54.7 Å². The van der Waals surface area contributed by atoms with E-state index in [1.807, 2.05) is 23.1 Å². The fourth-order valence-corrected chi connectivity index (χ4v) is 4.25. The Morgan fingerprint density at radius 3 is 2.52 bits per heavy atom. The molecular weight excluding hydrogens is 386 g/mol. The first kappa shape index (κ1) is 21.8. The van der Waals surface area contributed by atoms with Gasteiger partial charge in [-0.05, 0) is 37.0 Å². The van der Waals surface area contributed by atoms with Crippen LogP contribution in [-0.2, 0) is 22.4 Å². The molecule has 29 heavy (non-hydrogen) atoms. The van der Waals surface area contributed by atoms with Crippen LogP contribution in [0.2, 0.25) is 0 Å². The van der Waals surface area contributed by atoms with Crippen molar-refractivity contribution >= 4 is 18.3 Å². The number of benzene rings is 1. The van der Waals surface area contributed by atoms with E-state index in [1.54, 1.807) is 6.20 Å². The van der Waals surface area contributed by atoms with Crippen LogP contribution < -0.4 is 0 Å². The Kier molecular flexibility index (Phi) is 7.64. The van der Waals surface area contributed by atoms with E-state index in [2.05, 4.69) is 40.2 Å². The zero-order valence-corrected chi connectivity index (χ0v) is 17.7. The molecule has 2 fully saturated rings. The summed E-state index contributed by atoms with van der Waals surface area (Å²) in [5.74, 6) is 0.160. The van der Waals surface area contributed by atoms with Gasteiger partial charge in [-0.25, -0.2) is 0 Å². The van der Waals surface area contributed by atoms with Crippen LogP contribution in [0.4, 0.5) is 0 Å². The van der Waals surface area contributed by atoms with Crippen molar-refractivity contribution in [2.75, 3.05) is 39.3 Å².